The van der Waals surface area contributed by atoms with Gasteiger partial charge < -0.3 is 10.2 Å². The summed E-state index contributed by atoms with van der Waals surface area (Å²) in [6.45, 7) is 11.4. The molecule has 0 aliphatic heterocycles. The molecule has 17 heavy (non-hydrogen) atoms. The van der Waals surface area contributed by atoms with E-state index in [0.717, 1.165) is 38.5 Å². The third-order valence-corrected chi connectivity index (χ3v) is 2.73. The van der Waals surface area contributed by atoms with Crippen molar-refractivity contribution in [3.63, 3.8) is 0 Å². The first-order valence-electron chi connectivity index (χ1n) is 6.39. The lowest BCUT2D eigenvalue weighted by Gasteiger charge is -2.14. The molecule has 5 heteroatoms. The molecule has 1 N–H and O–H groups in total. The molecule has 0 bridgehead atoms. The first-order chi connectivity index (χ1) is 8.13. The predicted molar refractivity (Wildman–Crippen MR) is 69.7 cm³/mol. The average molecular weight is 239 g/mol. The average Bonchev–Trinajstić information content (AvgIpc) is 2.70. The van der Waals surface area contributed by atoms with Crippen LogP contribution in [0.4, 0.5) is 0 Å². The van der Waals surface area contributed by atoms with Gasteiger partial charge in [-0.3, -0.25) is 0 Å². The van der Waals surface area contributed by atoms with Gasteiger partial charge in [0, 0.05) is 19.6 Å². The van der Waals surface area contributed by atoms with Gasteiger partial charge in [0.1, 0.15) is 12.2 Å². The fourth-order valence-corrected chi connectivity index (χ4v) is 1.55. The van der Waals surface area contributed by atoms with Gasteiger partial charge in [0.2, 0.25) is 0 Å². The van der Waals surface area contributed by atoms with Crippen molar-refractivity contribution in [3.05, 3.63) is 12.2 Å². The normalized spacial score (nSPS) is 11.6. The van der Waals surface area contributed by atoms with E-state index in [-0.39, 0.29) is 0 Å². The van der Waals surface area contributed by atoms with Gasteiger partial charge in [0.15, 0.2) is 0 Å². The minimum absolute atomic E-state index is 0.599. The van der Waals surface area contributed by atoms with Crippen molar-refractivity contribution >= 4 is 0 Å². The summed E-state index contributed by atoms with van der Waals surface area (Å²) in [5, 5.41) is 7.64. The van der Waals surface area contributed by atoms with E-state index in [2.05, 4.69) is 48.1 Å². The minimum Gasteiger partial charge on any atom is -0.309 e. The lowest BCUT2D eigenvalue weighted by molar-refractivity contribution is 0.346. The van der Waals surface area contributed by atoms with Crippen molar-refractivity contribution in [1.82, 2.24) is 25.0 Å². The number of hydrogen-bond acceptors (Lipinski definition) is 4. The van der Waals surface area contributed by atoms with Gasteiger partial charge in [-0.05, 0) is 19.5 Å². The first-order valence-corrected chi connectivity index (χ1v) is 6.39. The van der Waals surface area contributed by atoms with E-state index >= 15 is 0 Å². The minimum atomic E-state index is 0.599. The molecular weight excluding hydrogens is 214 g/mol. The summed E-state index contributed by atoms with van der Waals surface area (Å²) >= 11 is 0. The third-order valence-electron chi connectivity index (χ3n) is 2.73. The highest BCUT2D eigenvalue weighted by Gasteiger charge is 2.05. The van der Waals surface area contributed by atoms with Crippen LogP contribution in [-0.4, -0.2) is 46.3 Å². The van der Waals surface area contributed by atoms with E-state index in [1.807, 2.05) is 4.68 Å². The van der Waals surface area contributed by atoms with Gasteiger partial charge >= 0.3 is 0 Å². The van der Waals surface area contributed by atoms with Gasteiger partial charge in [0.05, 0.1) is 6.54 Å². The van der Waals surface area contributed by atoms with Crippen molar-refractivity contribution in [2.75, 3.05) is 26.7 Å². The summed E-state index contributed by atoms with van der Waals surface area (Å²) in [6.07, 6.45) is 1.64. The Bertz CT molecular complexity index is 308. The van der Waals surface area contributed by atoms with Gasteiger partial charge in [0.25, 0.3) is 0 Å². The second-order valence-electron chi connectivity index (χ2n) is 4.82. The SMILES string of the molecule is CCN(C)CCNCc1ncnn1CC(C)C. The molecule has 0 saturated heterocycles. The number of rotatable bonds is 8. The van der Waals surface area contributed by atoms with E-state index in [1.165, 1.54) is 0 Å². The summed E-state index contributed by atoms with van der Waals surface area (Å²) in [6, 6.07) is 0. The highest BCUT2D eigenvalue weighted by Crippen LogP contribution is 2.00. The summed E-state index contributed by atoms with van der Waals surface area (Å²) in [5.74, 6) is 1.62. The number of likely N-dealkylation sites (N-methyl/N-ethyl adjacent to an activating group) is 1. The Labute approximate surface area is 104 Å². The summed E-state index contributed by atoms with van der Waals surface area (Å²) < 4.78 is 1.99. The van der Waals surface area contributed by atoms with E-state index < -0.39 is 0 Å². The fourth-order valence-electron chi connectivity index (χ4n) is 1.55. The van der Waals surface area contributed by atoms with Crippen molar-refractivity contribution < 1.29 is 0 Å². The molecule has 0 aliphatic carbocycles. The molecule has 0 spiro atoms. The van der Waals surface area contributed by atoms with Crippen LogP contribution in [0.2, 0.25) is 0 Å². The standard InChI is InChI=1S/C12H25N5/c1-5-16(4)7-6-13-8-12-14-10-15-17(12)9-11(2)3/h10-11,13H,5-9H2,1-4H3. The smallest absolute Gasteiger partial charge is 0.140 e. The maximum absolute atomic E-state index is 4.28. The molecule has 0 aliphatic rings. The zero-order valence-electron chi connectivity index (χ0n) is 11.5. The topological polar surface area (TPSA) is 46.0 Å². The van der Waals surface area contributed by atoms with E-state index in [1.54, 1.807) is 6.33 Å². The van der Waals surface area contributed by atoms with Crippen LogP contribution in [0, 0.1) is 5.92 Å². The van der Waals surface area contributed by atoms with Crippen molar-refractivity contribution in [1.29, 1.82) is 0 Å². The molecule has 1 heterocycles. The van der Waals surface area contributed by atoms with E-state index in [4.69, 9.17) is 0 Å². The molecule has 1 aromatic heterocycles. The Kier molecular flexibility index (Phi) is 6.15. The highest BCUT2D eigenvalue weighted by molar-refractivity contribution is 4.84. The van der Waals surface area contributed by atoms with Crippen LogP contribution < -0.4 is 5.32 Å². The maximum atomic E-state index is 4.28. The van der Waals surface area contributed by atoms with Crippen molar-refractivity contribution in [3.8, 4) is 0 Å². The molecule has 0 radical (unpaired) electrons. The van der Waals surface area contributed by atoms with Gasteiger partial charge in [-0.2, -0.15) is 5.10 Å². The molecule has 0 saturated carbocycles. The second-order valence-corrected chi connectivity index (χ2v) is 4.82. The molecule has 0 fully saturated rings. The molecular formula is C12H25N5. The summed E-state index contributed by atoms with van der Waals surface area (Å²) in [5.41, 5.74) is 0. The molecule has 0 unspecified atom stereocenters. The zero-order valence-corrected chi connectivity index (χ0v) is 11.5. The van der Waals surface area contributed by atoms with Crippen LogP contribution in [0.3, 0.4) is 0 Å². The van der Waals surface area contributed by atoms with Crippen LogP contribution in [0.1, 0.15) is 26.6 Å². The Morgan fingerprint density at radius 3 is 2.88 bits per heavy atom. The molecule has 0 amide bonds. The van der Waals surface area contributed by atoms with Gasteiger partial charge in [-0.1, -0.05) is 20.8 Å². The Morgan fingerprint density at radius 1 is 1.47 bits per heavy atom. The van der Waals surface area contributed by atoms with Crippen LogP contribution in [0.15, 0.2) is 6.33 Å². The zero-order chi connectivity index (χ0) is 12.7. The molecule has 1 rings (SSSR count). The van der Waals surface area contributed by atoms with Gasteiger partial charge in [-0.15, -0.1) is 0 Å². The van der Waals surface area contributed by atoms with E-state index in [0.29, 0.717) is 5.92 Å². The highest BCUT2D eigenvalue weighted by atomic mass is 15.3. The molecule has 5 nitrogen and oxygen atoms in total. The third kappa shape index (κ3) is 5.28. The quantitative estimate of drug-likeness (QED) is 0.687. The lowest BCUT2D eigenvalue weighted by atomic mass is 10.2. The maximum Gasteiger partial charge on any atom is 0.140 e. The number of nitrogens with zero attached hydrogens (tertiary/aromatic N) is 4. The summed E-state index contributed by atoms with van der Waals surface area (Å²) in [4.78, 5) is 6.57. The van der Waals surface area contributed by atoms with E-state index in [9.17, 15) is 0 Å². The number of aromatic nitrogens is 3. The summed E-state index contributed by atoms with van der Waals surface area (Å²) in [7, 11) is 2.13. The van der Waals surface area contributed by atoms with Crippen LogP contribution in [-0.2, 0) is 13.1 Å². The second kappa shape index (κ2) is 7.40. The fraction of sp³-hybridized carbons (Fsp3) is 0.833. The lowest BCUT2D eigenvalue weighted by Crippen LogP contribution is -2.29. The molecule has 0 atom stereocenters. The predicted octanol–water partition coefficient (Wildman–Crippen LogP) is 0.975. The molecule has 98 valence electrons. The van der Waals surface area contributed by atoms with Crippen LogP contribution in [0.5, 0.6) is 0 Å². The largest absolute Gasteiger partial charge is 0.309 e. The number of nitrogens with one attached hydrogen (secondary N) is 1. The molecule has 0 aromatic carbocycles. The first kappa shape index (κ1) is 14.1. The molecule has 1 aromatic rings. The van der Waals surface area contributed by atoms with Crippen LogP contribution >= 0.6 is 0 Å². The Morgan fingerprint density at radius 2 is 2.24 bits per heavy atom. The van der Waals surface area contributed by atoms with Crippen molar-refractivity contribution in [2.45, 2.75) is 33.9 Å². The van der Waals surface area contributed by atoms with Crippen LogP contribution in [0.25, 0.3) is 0 Å². The van der Waals surface area contributed by atoms with Crippen molar-refractivity contribution in [2.24, 2.45) is 5.92 Å². The monoisotopic (exact) mass is 239 g/mol. The Balaban J connectivity index is 2.29. The number of hydrogen-bond donors (Lipinski definition) is 1. The van der Waals surface area contributed by atoms with Gasteiger partial charge in [-0.25, -0.2) is 9.67 Å². The Hall–Kier alpha value is -0.940.